The molecule has 78 valence electrons. The summed E-state index contributed by atoms with van der Waals surface area (Å²) in [5, 5.41) is 8.81. The van der Waals surface area contributed by atoms with Crippen molar-refractivity contribution in [3.63, 3.8) is 0 Å². The lowest BCUT2D eigenvalue weighted by Gasteiger charge is -2.32. The highest BCUT2D eigenvalue weighted by Gasteiger charge is 2.22. The molecule has 0 saturated carbocycles. The number of amides is 1. The summed E-state index contributed by atoms with van der Waals surface area (Å²) >= 11 is 0. The van der Waals surface area contributed by atoms with Crippen LogP contribution in [0.5, 0.6) is 0 Å². The molecule has 1 rings (SSSR count). The number of rotatable bonds is 3. The zero-order valence-electron chi connectivity index (χ0n) is 8.41. The second kappa shape index (κ2) is 5.66. The maximum absolute atomic E-state index is 11.5. The van der Waals surface area contributed by atoms with Crippen molar-refractivity contribution in [2.75, 3.05) is 19.7 Å². The molecule has 1 amide bonds. The molecule has 1 aliphatic rings. The van der Waals surface area contributed by atoms with Crippen LogP contribution >= 0.6 is 0 Å². The third-order valence-electron chi connectivity index (χ3n) is 2.66. The van der Waals surface area contributed by atoms with Gasteiger partial charge in [-0.1, -0.05) is 5.92 Å². The molecule has 1 aliphatic heterocycles. The summed E-state index contributed by atoms with van der Waals surface area (Å²) in [4.78, 5) is 13.3. The fourth-order valence-electron chi connectivity index (χ4n) is 1.91. The van der Waals surface area contributed by atoms with Gasteiger partial charge in [0.15, 0.2) is 0 Å². The minimum atomic E-state index is 0.0511. The lowest BCUT2D eigenvalue weighted by Crippen LogP contribution is -2.39. The molecular weight excluding hydrogens is 178 g/mol. The zero-order valence-corrected chi connectivity index (χ0v) is 8.41. The summed E-state index contributed by atoms with van der Waals surface area (Å²) in [6.45, 7) is 1.80. The molecule has 1 unspecified atom stereocenters. The van der Waals surface area contributed by atoms with E-state index in [9.17, 15) is 4.79 Å². The highest BCUT2D eigenvalue weighted by Crippen LogP contribution is 2.19. The van der Waals surface area contributed by atoms with Gasteiger partial charge in [0.2, 0.25) is 5.91 Å². The Hall–Kier alpha value is -1.01. The third-order valence-corrected chi connectivity index (χ3v) is 2.66. The van der Waals surface area contributed by atoms with E-state index in [0.29, 0.717) is 5.92 Å². The van der Waals surface area contributed by atoms with Crippen LogP contribution in [0.15, 0.2) is 0 Å². The van der Waals surface area contributed by atoms with E-state index in [0.717, 1.165) is 32.4 Å². The van der Waals surface area contributed by atoms with Crippen LogP contribution in [0.1, 0.15) is 25.7 Å². The van der Waals surface area contributed by atoms with E-state index in [1.54, 1.807) is 0 Å². The molecule has 0 spiro atoms. The van der Waals surface area contributed by atoms with Crippen LogP contribution in [0, 0.1) is 18.3 Å². The van der Waals surface area contributed by atoms with E-state index in [1.165, 1.54) is 0 Å². The largest absolute Gasteiger partial charge is 0.396 e. The Balaban J connectivity index is 2.40. The van der Waals surface area contributed by atoms with E-state index >= 15 is 0 Å². The Bertz CT molecular complexity index is 230. The Morgan fingerprint density at radius 3 is 3.07 bits per heavy atom. The van der Waals surface area contributed by atoms with Gasteiger partial charge in [0.25, 0.3) is 0 Å². The Kier molecular flexibility index (Phi) is 4.48. The lowest BCUT2D eigenvalue weighted by molar-refractivity contribution is -0.132. The number of aliphatic hydroxyl groups excluding tert-OH is 1. The van der Waals surface area contributed by atoms with Crippen molar-refractivity contribution < 1.29 is 9.90 Å². The maximum atomic E-state index is 11.5. The van der Waals surface area contributed by atoms with Gasteiger partial charge in [-0.25, -0.2) is 0 Å². The number of hydrogen-bond donors (Lipinski definition) is 1. The zero-order chi connectivity index (χ0) is 10.4. The van der Waals surface area contributed by atoms with Crippen molar-refractivity contribution in [1.82, 2.24) is 4.90 Å². The summed E-state index contributed by atoms with van der Waals surface area (Å²) in [5.41, 5.74) is 0. The van der Waals surface area contributed by atoms with Crippen LogP contribution in [0.3, 0.4) is 0 Å². The van der Waals surface area contributed by atoms with E-state index in [1.807, 2.05) is 4.90 Å². The molecule has 0 aromatic carbocycles. The second-order valence-electron chi connectivity index (χ2n) is 3.74. The summed E-state index contributed by atoms with van der Waals surface area (Å²) in [7, 11) is 0. The third kappa shape index (κ3) is 3.04. The molecule has 0 aliphatic carbocycles. The first-order valence-corrected chi connectivity index (χ1v) is 5.10. The maximum Gasteiger partial charge on any atom is 0.234 e. The van der Waals surface area contributed by atoms with Crippen molar-refractivity contribution in [1.29, 1.82) is 0 Å². The molecule has 1 fully saturated rings. The first-order chi connectivity index (χ1) is 6.77. The standard InChI is InChI=1S/C11H17NO2/c1-2-4-11(14)12-7-3-5-10(9-12)6-8-13/h1,10,13H,3-9H2. The number of carbonyl (C=O) groups is 1. The van der Waals surface area contributed by atoms with Crippen LogP contribution in [0.25, 0.3) is 0 Å². The molecule has 3 nitrogen and oxygen atoms in total. The van der Waals surface area contributed by atoms with Gasteiger partial charge in [-0.3, -0.25) is 4.79 Å². The number of aliphatic hydroxyl groups is 1. The van der Waals surface area contributed by atoms with E-state index in [4.69, 9.17) is 11.5 Å². The highest BCUT2D eigenvalue weighted by molar-refractivity contribution is 5.78. The average molecular weight is 195 g/mol. The minimum Gasteiger partial charge on any atom is -0.396 e. The average Bonchev–Trinajstić information content (AvgIpc) is 2.19. The van der Waals surface area contributed by atoms with Gasteiger partial charge >= 0.3 is 0 Å². The molecule has 0 radical (unpaired) electrons. The van der Waals surface area contributed by atoms with Gasteiger partial charge in [0, 0.05) is 19.7 Å². The molecule has 0 aromatic heterocycles. The predicted octanol–water partition coefficient (Wildman–Crippen LogP) is 0.631. The van der Waals surface area contributed by atoms with Crippen LogP contribution < -0.4 is 0 Å². The van der Waals surface area contributed by atoms with Crippen molar-refractivity contribution in [2.24, 2.45) is 5.92 Å². The normalized spacial score (nSPS) is 21.7. The van der Waals surface area contributed by atoms with E-state index < -0.39 is 0 Å². The van der Waals surface area contributed by atoms with Crippen LogP contribution in [0.2, 0.25) is 0 Å². The van der Waals surface area contributed by atoms with Gasteiger partial charge in [0.1, 0.15) is 0 Å². The number of piperidine rings is 1. The van der Waals surface area contributed by atoms with Gasteiger partial charge in [-0.05, 0) is 25.2 Å². The number of likely N-dealkylation sites (tertiary alicyclic amines) is 1. The van der Waals surface area contributed by atoms with Crippen LogP contribution in [-0.4, -0.2) is 35.6 Å². The van der Waals surface area contributed by atoms with Gasteiger partial charge in [-0.15, -0.1) is 6.42 Å². The smallest absolute Gasteiger partial charge is 0.234 e. The molecule has 1 saturated heterocycles. The topological polar surface area (TPSA) is 40.5 Å². The monoisotopic (exact) mass is 195 g/mol. The molecule has 1 N–H and O–H groups in total. The SMILES string of the molecule is C#CCC(=O)N1CCCC(CCO)C1. The first-order valence-electron chi connectivity index (χ1n) is 5.10. The predicted molar refractivity (Wildman–Crippen MR) is 54.5 cm³/mol. The van der Waals surface area contributed by atoms with E-state index in [-0.39, 0.29) is 18.9 Å². The molecule has 1 atom stereocenters. The summed E-state index contributed by atoms with van der Waals surface area (Å²) in [5.74, 6) is 2.88. The highest BCUT2D eigenvalue weighted by atomic mass is 16.3. The fourth-order valence-corrected chi connectivity index (χ4v) is 1.91. The van der Waals surface area contributed by atoms with Crippen molar-refractivity contribution in [2.45, 2.75) is 25.7 Å². The first kappa shape index (κ1) is 11.1. The Morgan fingerprint density at radius 1 is 1.64 bits per heavy atom. The van der Waals surface area contributed by atoms with Crippen molar-refractivity contribution in [3.05, 3.63) is 0 Å². The number of terminal acetylenes is 1. The van der Waals surface area contributed by atoms with Gasteiger partial charge in [-0.2, -0.15) is 0 Å². The van der Waals surface area contributed by atoms with Gasteiger partial charge in [0.05, 0.1) is 6.42 Å². The molecule has 14 heavy (non-hydrogen) atoms. The number of carbonyl (C=O) groups excluding carboxylic acids is 1. The molecule has 0 aromatic rings. The quantitative estimate of drug-likeness (QED) is 0.671. The van der Waals surface area contributed by atoms with Crippen LogP contribution in [-0.2, 0) is 4.79 Å². The van der Waals surface area contributed by atoms with Crippen molar-refractivity contribution in [3.8, 4) is 12.3 Å². The minimum absolute atomic E-state index is 0.0511. The van der Waals surface area contributed by atoms with Crippen LogP contribution in [0.4, 0.5) is 0 Å². The van der Waals surface area contributed by atoms with Crippen molar-refractivity contribution >= 4 is 5.91 Å². The summed E-state index contributed by atoms with van der Waals surface area (Å²) in [6.07, 6.45) is 8.22. The molecule has 3 heteroatoms. The van der Waals surface area contributed by atoms with E-state index in [2.05, 4.69) is 5.92 Å². The number of hydrogen-bond acceptors (Lipinski definition) is 2. The Labute approximate surface area is 85.1 Å². The summed E-state index contributed by atoms with van der Waals surface area (Å²) in [6, 6.07) is 0. The number of nitrogens with zero attached hydrogens (tertiary/aromatic N) is 1. The lowest BCUT2D eigenvalue weighted by atomic mass is 9.95. The van der Waals surface area contributed by atoms with Gasteiger partial charge < -0.3 is 10.0 Å². The fraction of sp³-hybridized carbons (Fsp3) is 0.727. The summed E-state index contributed by atoms with van der Waals surface area (Å²) < 4.78 is 0. The molecular formula is C11H17NO2. The second-order valence-corrected chi connectivity index (χ2v) is 3.74. The Morgan fingerprint density at radius 2 is 2.43 bits per heavy atom. The molecule has 1 heterocycles. The molecule has 0 bridgehead atoms.